The lowest BCUT2D eigenvalue weighted by atomic mass is 10.0. The maximum Gasteiger partial charge on any atom is 0.145 e. The normalized spacial score (nSPS) is 15.3. The summed E-state index contributed by atoms with van der Waals surface area (Å²) >= 11 is 5.28. The van der Waals surface area contributed by atoms with Gasteiger partial charge in [-0.1, -0.05) is 11.6 Å². The Morgan fingerprint density at radius 2 is 1.79 bits per heavy atom. The quantitative estimate of drug-likeness (QED) is 0.751. The van der Waals surface area contributed by atoms with Crippen molar-refractivity contribution < 1.29 is 13.9 Å². The molecule has 0 unspecified atom stereocenters. The van der Waals surface area contributed by atoms with Gasteiger partial charge in [-0.15, -0.1) is 0 Å². The van der Waals surface area contributed by atoms with Crippen LogP contribution in [0.4, 0.5) is 8.78 Å². The molecule has 2 nitrogen and oxygen atoms in total. The van der Waals surface area contributed by atoms with Crippen LogP contribution in [0.2, 0.25) is 5.02 Å². The fraction of sp³-hybridized carbons (Fsp3) is 0.333. The van der Waals surface area contributed by atoms with Crippen molar-refractivity contribution in [2.24, 2.45) is 5.73 Å². The summed E-state index contributed by atoms with van der Waals surface area (Å²) in [7, 11) is 0. The van der Waals surface area contributed by atoms with E-state index in [0.29, 0.717) is 0 Å². The van der Waals surface area contributed by atoms with Gasteiger partial charge >= 0.3 is 0 Å². The van der Waals surface area contributed by atoms with Gasteiger partial charge in [0, 0.05) is 0 Å². The predicted octanol–water partition coefficient (Wildman–Crippen LogP) is 2.00. The van der Waals surface area contributed by atoms with Crippen LogP contribution in [-0.4, -0.2) is 11.2 Å². The highest BCUT2D eigenvalue weighted by Gasteiger charge is 2.16. The average Bonchev–Trinajstić information content (AvgIpc) is 2.12. The molecular formula is C9H10ClF2NO. The van der Waals surface area contributed by atoms with Gasteiger partial charge in [0.05, 0.1) is 12.1 Å². The molecule has 0 saturated heterocycles. The Morgan fingerprint density at radius 1 is 1.36 bits per heavy atom. The van der Waals surface area contributed by atoms with Crippen LogP contribution in [0.15, 0.2) is 12.1 Å². The molecule has 0 bridgehead atoms. The Balaban J connectivity index is 3.12. The van der Waals surface area contributed by atoms with Crippen molar-refractivity contribution in [2.75, 3.05) is 0 Å². The summed E-state index contributed by atoms with van der Waals surface area (Å²) in [5, 5.41) is 8.56. The van der Waals surface area contributed by atoms with Gasteiger partial charge in [-0.3, -0.25) is 0 Å². The lowest BCUT2D eigenvalue weighted by molar-refractivity contribution is 0.164. The summed E-state index contributed by atoms with van der Waals surface area (Å²) in [6.07, 6.45) is -0.880. The molecule has 0 aliphatic carbocycles. The molecule has 0 aromatic heterocycles. The van der Waals surface area contributed by atoms with Crippen molar-refractivity contribution in [3.05, 3.63) is 34.4 Å². The van der Waals surface area contributed by atoms with Gasteiger partial charge in [-0.2, -0.15) is 0 Å². The van der Waals surface area contributed by atoms with Crippen LogP contribution in [-0.2, 0) is 0 Å². The molecule has 0 spiro atoms. The molecule has 0 fully saturated rings. The Morgan fingerprint density at radius 3 is 2.14 bits per heavy atom. The maximum absolute atomic E-state index is 13.0. The van der Waals surface area contributed by atoms with Crippen LogP contribution in [0.1, 0.15) is 18.5 Å². The van der Waals surface area contributed by atoms with Crippen molar-refractivity contribution in [2.45, 2.75) is 19.1 Å². The third-order valence-corrected chi connectivity index (χ3v) is 2.27. The largest absolute Gasteiger partial charge is 0.391 e. The summed E-state index contributed by atoms with van der Waals surface area (Å²) in [5.74, 6) is -1.75. The zero-order valence-electron chi connectivity index (χ0n) is 7.47. The molecule has 0 aliphatic rings. The van der Waals surface area contributed by atoms with Crippen molar-refractivity contribution in [3.63, 3.8) is 0 Å². The van der Waals surface area contributed by atoms with Crippen LogP contribution in [0, 0.1) is 11.6 Å². The summed E-state index contributed by atoms with van der Waals surface area (Å²) in [6.45, 7) is 1.44. The van der Waals surface area contributed by atoms with Gasteiger partial charge in [0.15, 0.2) is 0 Å². The monoisotopic (exact) mass is 221 g/mol. The number of rotatable bonds is 2. The third-order valence-electron chi connectivity index (χ3n) is 1.91. The second-order valence-electron chi connectivity index (χ2n) is 3.06. The van der Waals surface area contributed by atoms with E-state index in [1.54, 1.807) is 0 Å². The SMILES string of the molecule is C[C@@H](O)[C@H](N)c1cc(F)c(Cl)c(F)c1. The minimum atomic E-state index is -0.880. The highest BCUT2D eigenvalue weighted by atomic mass is 35.5. The van der Waals surface area contributed by atoms with E-state index in [2.05, 4.69) is 0 Å². The molecule has 1 aromatic rings. The minimum Gasteiger partial charge on any atom is -0.391 e. The Kier molecular flexibility index (Phi) is 3.42. The second kappa shape index (κ2) is 4.21. The minimum absolute atomic E-state index is 0.180. The molecule has 3 N–H and O–H groups in total. The van der Waals surface area contributed by atoms with E-state index in [0.717, 1.165) is 12.1 Å². The number of benzene rings is 1. The molecule has 0 amide bonds. The van der Waals surface area contributed by atoms with Gasteiger partial charge in [0.2, 0.25) is 0 Å². The van der Waals surface area contributed by atoms with Crippen molar-refractivity contribution in [1.82, 2.24) is 0 Å². The number of hydrogen-bond acceptors (Lipinski definition) is 2. The zero-order chi connectivity index (χ0) is 10.9. The summed E-state index contributed by atoms with van der Waals surface area (Å²) in [5.41, 5.74) is 5.68. The Labute approximate surface area is 85.3 Å². The first kappa shape index (κ1) is 11.4. The predicted molar refractivity (Wildman–Crippen MR) is 50.0 cm³/mol. The number of aliphatic hydroxyl groups is 1. The topological polar surface area (TPSA) is 46.2 Å². The molecule has 78 valence electrons. The number of hydrogen-bond donors (Lipinski definition) is 2. The molecule has 1 aromatic carbocycles. The maximum atomic E-state index is 13.0. The van der Waals surface area contributed by atoms with E-state index in [9.17, 15) is 8.78 Å². The standard InChI is InChI=1S/C9H10ClF2NO/c1-4(14)9(13)5-2-6(11)8(10)7(12)3-5/h2-4,9,14H,13H2,1H3/t4-,9+/m1/s1. The number of aliphatic hydroxyl groups excluding tert-OH is 1. The van der Waals surface area contributed by atoms with Gasteiger partial charge < -0.3 is 10.8 Å². The fourth-order valence-corrected chi connectivity index (χ4v) is 1.16. The fourth-order valence-electron chi connectivity index (χ4n) is 1.05. The molecule has 5 heteroatoms. The lowest BCUT2D eigenvalue weighted by Gasteiger charge is -2.15. The van der Waals surface area contributed by atoms with E-state index >= 15 is 0 Å². The van der Waals surface area contributed by atoms with Crippen molar-refractivity contribution in [1.29, 1.82) is 0 Å². The van der Waals surface area contributed by atoms with Crippen LogP contribution in [0.5, 0.6) is 0 Å². The number of nitrogens with two attached hydrogens (primary N) is 1. The first-order valence-electron chi connectivity index (χ1n) is 4.01. The van der Waals surface area contributed by atoms with E-state index in [4.69, 9.17) is 22.4 Å². The molecule has 0 heterocycles. The van der Waals surface area contributed by atoms with Crippen LogP contribution in [0.25, 0.3) is 0 Å². The molecule has 2 atom stereocenters. The third kappa shape index (κ3) is 2.20. The summed E-state index contributed by atoms with van der Waals surface area (Å²) in [6, 6.07) is 1.21. The highest BCUT2D eigenvalue weighted by molar-refractivity contribution is 6.30. The van der Waals surface area contributed by atoms with Crippen LogP contribution >= 0.6 is 11.6 Å². The molecule has 0 radical (unpaired) electrons. The zero-order valence-corrected chi connectivity index (χ0v) is 8.22. The molecule has 1 rings (SSSR count). The summed E-state index contributed by atoms with van der Waals surface area (Å²) < 4.78 is 25.9. The van der Waals surface area contributed by atoms with E-state index in [1.807, 2.05) is 0 Å². The van der Waals surface area contributed by atoms with Crippen molar-refractivity contribution in [3.8, 4) is 0 Å². The average molecular weight is 222 g/mol. The lowest BCUT2D eigenvalue weighted by Crippen LogP contribution is -2.23. The van der Waals surface area contributed by atoms with E-state index in [1.165, 1.54) is 6.92 Å². The summed E-state index contributed by atoms with van der Waals surface area (Å²) in [4.78, 5) is 0. The van der Waals surface area contributed by atoms with Crippen LogP contribution < -0.4 is 5.73 Å². The van der Waals surface area contributed by atoms with Gasteiger partial charge in [-0.25, -0.2) is 8.78 Å². The van der Waals surface area contributed by atoms with Crippen molar-refractivity contribution >= 4 is 11.6 Å². The van der Waals surface area contributed by atoms with Gasteiger partial charge in [0.1, 0.15) is 16.7 Å². The second-order valence-corrected chi connectivity index (χ2v) is 3.44. The molecule has 14 heavy (non-hydrogen) atoms. The molecular weight excluding hydrogens is 212 g/mol. The number of halogens is 3. The van der Waals surface area contributed by atoms with Gasteiger partial charge in [0.25, 0.3) is 0 Å². The van der Waals surface area contributed by atoms with Crippen LogP contribution in [0.3, 0.4) is 0 Å². The van der Waals surface area contributed by atoms with Gasteiger partial charge in [-0.05, 0) is 24.6 Å². The Bertz CT molecular complexity index is 321. The van der Waals surface area contributed by atoms with E-state index < -0.39 is 28.8 Å². The molecule has 0 aliphatic heterocycles. The first-order chi connectivity index (χ1) is 6.43. The molecule has 0 saturated carbocycles. The highest BCUT2D eigenvalue weighted by Crippen LogP contribution is 2.24. The smallest absolute Gasteiger partial charge is 0.145 e. The first-order valence-corrected chi connectivity index (χ1v) is 4.39. The Hall–Kier alpha value is -0.710. The van der Waals surface area contributed by atoms with E-state index in [-0.39, 0.29) is 5.56 Å².